The van der Waals surface area contributed by atoms with E-state index in [0.29, 0.717) is 0 Å². The first-order valence-corrected chi connectivity index (χ1v) is 9.86. The fraction of sp³-hybridized carbons (Fsp3) is 0.176. The maximum Gasteiger partial charge on any atom is 0.343 e. The normalized spacial score (nSPS) is 11.4. The summed E-state index contributed by atoms with van der Waals surface area (Å²) in [4.78, 5) is 23.9. The molecule has 0 unspecified atom stereocenters. The molecule has 0 aliphatic rings. The molecule has 0 saturated heterocycles. The van der Waals surface area contributed by atoms with Gasteiger partial charge in [0.2, 0.25) is 10.0 Å². The Kier molecular flexibility index (Phi) is 7.00. The first-order chi connectivity index (χ1) is 13.0. The van der Waals surface area contributed by atoms with Crippen molar-refractivity contribution in [3.8, 4) is 0 Å². The molecule has 0 fully saturated rings. The summed E-state index contributed by atoms with van der Waals surface area (Å²) in [6, 6.07) is 7.41. The van der Waals surface area contributed by atoms with Gasteiger partial charge in [-0.3, -0.25) is 4.79 Å². The van der Waals surface area contributed by atoms with Gasteiger partial charge >= 0.3 is 5.97 Å². The SMILES string of the molecule is CN(C)S(=O)(=O)c1ccc(Cl)c(NC(=O)COC(=O)c2c(F)cccc2Cl)c1. The quantitative estimate of drug-likeness (QED) is 0.684. The van der Waals surface area contributed by atoms with E-state index in [0.717, 1.165) is 10.4 Å². The standard InChI is InChI=1S/C17H15Cl2FN2O5S/c1-22(2)28(25,26)10-6-7-11(18)14(8-10)21-15(23)9-27-17(24)16-12(19)4-3-5-13(16)20/h3-8H,9H2,1-2H3,(H,21,23). The summed E-state index contributed by atoms with van der Waals surface area (Å²) in [7, 11) is -1.03. The number of rotatable bonds is 6. The molecule has 1 N–H and O–H groups in total. The van der Waals surface area contributed by atoms with Crippen LogP contribution >= 0.6 is 23.2 Å². The Hall–Kier alpha value is -2.20. The summed E-state index contributed by atoms with van der Waals surface area (Å²) in [6.07, 6.45) is 0. The third-order valence-corrected chi connectivity index (χ3v) is 5.95. The fourth-order valence-corrected chi connectivity index (χ4v) is 3.39. The zero-order chi connectivity index (χ0) is 21.1. The van der Waals surface area contributed by atoms with E-state index < -0.39 is 39.9 Å². The zero-order valence-electron chi connectivity index (χ0n) is 14.7. The highest BCUT2D eigenvalue weighted by atomic mass is 35.5. The average molecular weight is 449 g/mol. The van der Waals surface area contributed by atoms with Crippen LogP contribution in [0.3, 0.4) is 0 Å². The molecule has 0 bridgehead atoms. The minimum atomic E-state index is -3.74. The van der Waals surface area contributed by atoms with E-state index >= 15 is 0 Å². The number of nitrogens with one attached hydrogen (secondary N) is 1. The van der Waals surface area contributed by atoms with Crippen LogP contribution in [0.5, 0.6) is 0 Å². The summed E-state index contributed by atoms with van der Waals surface area (Å²) in [5.74, 6) is -2.81. The molecule has 0 spiro atoms. The van der Waals surface area contributed by atoms with E-state index in [2.05, 4.69) is 5.32 Å². The van der Waals surface area contributed by atoms with Gasteiger partial charge in [0.05, 0.1) is 20.6 Å². The van der Waals surface area contributed by atoms with Gasteiger partial charge in [-0.1, -0.05) is 29.3 Å². The average Bonchev–Trinajstić information content (AvgIpc) is 2.61. The molecule has 0 radical (unpaired) electrons. The van der Waals surface area contributed by atoms with Gasteiger partial charge in [-0.05, 0) is 30.3 Å². The van der Waals surface area contributed by atoms with E-state index in [1.54, 1.807) is 0 Å². The number of ether oxygens (including phenoxy) is 1. The number of carbonyl (C=O) groups is 2. The number of sulfonamides is 1. The van der Waals surface area contributed by atoms with Crippen molar-refractivity contribution in [2.75, 3.05) is 26.0 Å². The van der Waals surface area contributed by atoms with Gasteiger partial charge in [0, 0.05) is 14.1 Å². The van der Waals surface area contributed by atoms with Crippen LogP contribution in [0, 0.1) is 5.82 Å². The molecule has 0 atom stereocenters. The summed E-state index contributed by atoms with van der Waals surface area (Å²) in [5, 5.41) is 2.26. The van der Waals surface area contributed by atoms with E-state index in [4.69, 9.17) is 27.9 Å². The lowest BCUT2D eigenvalue weighted by atomic mass is 10.2. The summed E-state index contributed by atoms with van der Waals surface area (Å²) in [5.41, 5.74) is -0.483. The molecule has 1 amide bonds. The Labute approximate surface area is 171 Å². The van der Waals surface area contributed by atoms with Crippen molar-refractivity contribution in [3.05, 3.63) is 57.8 Å². The number of halogens is 3. The topological polar surface area (TPSA) is 92.8 Å². The smallest absolute Gasteiger partial charge is 0.343 e. The van der Waals surface area contributed by atoms with Crippen molar-refractivity contribution in [2.24, 2.45) is 0 Å². The van der Waals surface area contributed by atoms with E-state index in [1.165, 1.54) is 44.4 Å². The Morgan fingerprint density at radius 2 is 1.82 bits per heavy atom. The minimum Gasteiger partial charge on any atom is -0.452 e. The Morgan fingerprint density at radius 3 is 2.43 bits per heavy atom. The summed E-state index contributed by atoms with van der Waals surface area (Å²) >= 11 is 11.7. The number of amides is 1. The molecule has 7 nitrogen and oxygen atoms in total. The molecule has 2 aromatic carbocycles. The van der Waals surface area contributed by atoms with Crippen LogP contribution in [-0.4, -0.2) is 45.3 Å². The van der Waals surface area contributed by atoms with Gasteiger partial charge in [0.15, 0.2) is 6.61 Å². The van der Waals surface area contributed by atoms with E-state index in [9.17, 15) is 22.4 Å². The number of hydrogen-bond donors (Lipinski definition) is 1. The van der Waals surface area contributed by atoms with Gasteiger partial charge in [0.25, 0.3) is 5.91 Å². The molecule has 0 aromatic heterocycles. The molecule has 150 valence electrons. The van der Waals surface area contributed by atoms with Crippen LogP contribution in [-0.2, 0) is 19.6 Å². The number of hydrogen-bond acceptors (Lipinski definition) is 5. The number of anilines is 1. The van der Waals surface area contributed by atoms with Crippen LogP contribution in [0.2, 0.25) is 10.0 Å². The lowest BCUT2D eigenvalue weighted by molar-refractivity contribution is -0.119. The van der Waals surface area contributed by atoms with Crippen molar-refractivity contribution in [1.29, 1.82) is 0 Å². The lowest BCUT2D eigenvalue weighted by Crippen LogP contribution is -2.23. The van der Waals surface area contributed by atoms with Crippen LogP contribution in [0.15, 0.2) is 41.3 Å². The van der Waals surface area contributed by atoms with Crippen molar-refractivity contribution >= 4 is 50.8 Å². The van der Waals surface area contributed by atoms with Crippen LogP contribution in [0.4, 0.5) is 10.1 Å². The molecule has 0 aliphatic carbocycles. The van der Waals surface area contributed by atoms with Crippen molar-refractivity contribution < 1.29 is 27.1 Å². The Bertz CT molecular complexity index is 1010. The molecule has 0 aliphatic heterocycles. The molecule has 0 heterocycles. The number of carbonyl (C=O) groups excluding carboxylic acids is 2. The van der Waals surface area contributed by atoms with E-state index in [-0.39, 0.29) is 20.6 Å². The second-order valence-corrected chi connectivity index (χ2v) is 8.62. The molecule has 2 rings (SSSR count). The van der Waals surface area contributed by atoms with Crippen molar-refractivity contribution in [3.63, 3.8) is 0 Å². The maximum atomic E-state index is 13.7. The number of benzene rings is 2. The summed E-state index contributed by atoms with van der Waals surface area (Å²) in [6.45, 7) is -0.759. The third kappa shape index (κ3) is 4.99. The molecule has 11 heteroatoms. The van der Waals surface area contributed by atoms with Crippen LogP contribution < -0.4 is 5.32 Å². The van der Waals surface area contributed by atoms with Gasteiger partial charge in [0.1, 0.15) is 11.4 Å². The number of nitrogens with zero attached hydrogens (tertiary/aromatic N) is 1. The van der Waals surface area contributed by atoms with Crippen LogP contribution in [0.25, 0.3) is 0 Å². The minimum absolute atomic E-state index is 0.00886. The van der Waals surface area contributed by atoms with Crippen molar-refractivity contribution in [1.82, 2.24) is 4.31 Å². The maximum absolute atomic E-state index is 13.7. The molecule has 2 aromatic rings. The fourth-order valence-electron chi connectivity index (χ4n) is 2.05. The Morgan fingerprint density at radius 1 is 1.14 bits per heavy atom. The first-order valence-electron chi connectivity index (χ1n) is 7.67. The highest BCUT2D eigenvalue weighted by Crippen LogP contribution is 2.26. The predicted molar refractivity (Wildman–Crippen MR) is 103 cm³/mol. The largest absolute Gasteiger partial charge is 0.452 e. The molecular weight excluding hydrogens is 434 g/mol. The Balaban J connectivity index is 2.10. The second kappa shape index (κ2) is 8.87. The predicted octanol–water partition coefficient (Wildman–Crippen LogP) is 3.18. The van der Waals surface area contributed by atoms with Gasteiger partial charge in [-0.15, -0.1) is 0 Å². The van der Waals surface area contributed by atoms with E-state index in [1.807, 2.05) is 0 Å². The first kappa shape index (κ1) is 22.1. The second-order valence-electron chi connectivity index (χ2n) is 5.65. The highest BCUT2D eigenvalue weighted by Gasteiger charge is 2.21. The third-order valence-electron chi connectivity index (χ3n) is 3.49. The lowest BCUT2D eigenvalue weighted by Gasteiger charge is -2.14. The van der Waals surface area contributed by atoms with Gasteiger partial charge in [-0.2, -0.15) is 0 Å². The van der Waals surface area contributed by atoms with Gasteiger partial charge < -0.3 is 10.1 Å². The highest BCUT2D eigenvalue weighted by molar-refractivity contribution is 7.89. The van der Waals surface area contributed by atoms with Crippen molar-refractivity contribution in [2.45, 2.75) is 4.90 Å². The molecule has 0 saturated carbocycles. The summed E-state index contributed by atoms with van der Waals surface area (Å²) < 4.78 is 43.8. The number of esters is 1. The van der Waals surface area contributed by atoms with Gasteiger partial charge in [-0.25, -0.2) is 21.9 Å². The zero-order valence-corrected chi connectivity index (χ0v) is 17.0. The van der Waals surface area contributed by atoms with Crippen LogP contribution in [0.1, 0.15) is 10.4 Å². The monoisotopic (exact) mass is 448 g/mol. The molecular formula is C17H15Cl2FN2O5S. The molecule has 28 heavy (non-hydrogen) atoms.